The smallest absolute Gasteiger partial charge is 0.303 e. The molecule has 6 nitrogen and oxygen atoms in total. The van der Waals surface area contributed by atoms with Crippen molar-refractivity contribution < 1.29 is 19.8 Å². The fourth-order valence-corrected chi connectivity index (χ4v) is 0.886. The molecule has 0 amide bonds. The number of carboxylic acids is 2. The van der Waals surface area contributed by atoms with Crippen LogP contribution in [0.5, 0.6) is 0 Å². The standard InChI is InChI=1S/C6H16N2.C6H10O4/c1-5(2)7-8-6(3)4;7-5(8)3-1-2-4-6(9)10/h5-8H,1-4H3;1-4H2,(H,7,8)(H,9,10). The first-order valence-corrected chi connectivity index (χ1v) is 6.20. The highest BCUT2D eigenvalue weighted by Crippen LogP contribution is 1.98. The molecular formula is C12H26N2O4. The topological polar surface area (TPSA) is 98.7 Å². The minimum atomic E-state index is -0.870. The van der Waals surface area contributed by atoms with E-state index in [1.807, 2.05) is 0 Å². The highest BCUT2D eigenvalue weighted by Gasteiger charge is 1.99. The number of carbonyl (C=O) groups is 2. The van der Waals surface area contributed by atoms with Gasteiger partial charge in [0.15, 0.2) is 0 Å². The third-order valence-corrected chi connectivity index (χ3v) is 1.69. The van der Waals surface area contributed by atoms with E-state index in [1.54, 1.807) is 0 Å². The summed E-state index contributed by atoms with van der Waals surface area (Å²) < 4.78 is 0. The predicted molar refractivity (Wildman–Crippen MR) is 70.3 cm³/mol. The van der Waals surface area contributed by atoms with Gasteiger partial charge in [-0.25, -0.2) is 0 Å². The van der Waals surface area contributed by atoms with E-state index in [9.17, 15) is 9.59 Å². The van der Waals surface area contributed by atoms with Crippen molar-refractivity contribution in [1.29, 1.82) is 0 Å². The molecule has 0 radical (unpaired) electrons. The van der Waals surface area contributed by atoms with Crippen molar-refractivity contribution in [2.24, 2.45) is 0 Å². The SMILES string of the molecule is CC(C)NNC(C)C.O=C(O)CCCCC(=O)O. The van der Waals surface area contributed by atoms with Crippen LogP contribution in [0.1, 0.15) is 53.4 Å². The van der Waals surface area contributed by atoms with E-state index >= 15 is 0 Å². The van der Waals surface area contributed by atoms with Crippen molar-refractivity contribution in [3.05, 3.63) is 0 Å². The molecule has 6 heteroatoms. The number of nitrogens with one attached hydrogen (secondary N) is 2. The van der Waals surface area contributed by atoms with Crippen molar-refractivity contribution in [2.45, 2.75) is 65.5 Å². The molecule has 0 aliphatic rings. The molecule has 0 spiro atoms. The number of hydrazine groups is 1. The largest absolute Gasteiger partial charge is 0.481 e. The summed E-state index contributed by atoms with van der Waals surface area (Å²) in [5.74, 6) is -1.74. The molecule has 0 aromatic heterocycles. The Morgan fingerprint density at radius 1 is 0.833 bits per heavy atom. The zero-order valence-electron chi connectivity index (χ0n) is 11.7. The van der Waals surface area contributed by atoms with Crippen LogP contribution in [0.2, 0.25) is 0 Å². The maximum absolute atomic E-state index is 9.90. The van der Waals surface area contributed by atoms with Crippen LogP contribution in [0.4, 0.5) is 0 Å². The zero-order chi connectivity index (χ0) is 14.6. The van der Waals surface area contributed by atoms with Crippen LogP contribution >= 0.6 is 0 Å². The van der Waals surface area contributed by atoms with Gasteiger partial charge in [-0.3, -0.25) is 20.4 Å². The quantitative estimate of drug-likeness (QED) is 0.392. The maximum atomic E-state index is 9.90. The number of carboxylic acid groups (broad SMARTS) is 2. The molecule has 0 unspecified atom stereocenters. The molecule has 0 rings (SSSR count). The lowest BCUT2D eigenvalue weighted by Crippen LogP contribution is -2.41. The Balaban J connectivity index is 0. The Labute approximate surface area is 109 Å². The molecule has 0 atom stereocenters. The fourth-order valence-electron chi connectivity index (χ4n) is 0.886. The maximum Gasteiger partial charge on any atom is 0.303 e. The highest BCUT2D eigenvalue weighted by atomic mass is 16.4. The molecule has 0 saturated heterocycles. The molecule has 0 heterocycles. The lowest BCUT2D eigenvalue weighted by Gasteiger charge is -2.11. The third-order valence-electron chi connectivity index (χ3n) is 1.69. The summed E-state index contributed by atoms with van der Waals surface area (Å²) >= 11 is 0. The van der Waals surface area contributed by atoms with Crippen molar-refractivity contribution in [3.63, 3.8) is 0 Å². The predicted octanol–water partition coefficient (Wildman–Crippen LogP) is 1.61. The van der Waals surface area contributed by atoms with Crippen LogP contribution in [-0.2, 0) is 9.59 Å². The van der Waals surface area contributed by atoms with E-state index < -0.39 is 11.9 Å². The summed E-state index contributed by atoms with van der Waals surface area (Å²) in [5, 5.41) is 16.3. The van der Waals surface area contributed by atoms with E-state index in [-0.39, 0.29) is 12.8 Å². The second kappa shape index (κ2) is 12.3. The van der Waals surface area contributed by atoms with E-state index in [0.717, 1.165) is 0 Å². The Hall–Kier alpha value is -1.14. The van der Waals surface area contributed by atoms with Crippen molar-refractivity contribution in [3.8, 4) is 0 Å². The summed E-state index contributed by atoms with van der Waals surface area (Å²) in [6.07, 6.45) is 1.02. The summed E-state index contributed by atoms with van der Waals surface area (Å²) in [7, 11) is 0. The average molecular weight is 262 g/mol. The molecule has 108 valence electrons. The van der Waals surface area contributed by atoms with Gasteiger partial charge in [0.25, 0.3) is 0 Å². The number of hydrogen-bond donors (Lipinski definition) is 4. The van der Waals surface area contributed by atoms with Crippen LogP contribution in [0, 0.1) is 0 Å². The van der Waals surface area contributed by atoms with Crippen LogP contribution in [0.3, 0.4) is 0 Å². The number of aliphatic carboxylic acids is 2. The lowest BCUT2D eigenvalue weighted by atomic mass is 10.2. The Morgan fingerprint density at radius 2 is 1.11 bits per heavy atom. The minimum Gasteiger partial charge on any atom is -0.481 e. The van der Waals surface area contributed by atoms with E-state index in [1.165, 1.54) is 0 Å². The summed E-state index contributed by atoms with van der Waals surface area (Å²) in [6.45, 7) is 8.43. The molecular weight excluding hydrogens is 236 g/mol. The molecule has 0 aliphatic carbocycles. The average Bonchev–Trinajstić information content (AvgIpc) is 2.22. The lowest BCUT2D eigenvalue weighted by molar-refractivity contribution is -0.139. The van der Waals surface area contributed by atoms with Gasteiger partial charge in [-0.15, -0.1) is 0 Å². The monoisotopic (exact) mass is 262 g/mol. The van der Waals surface area contributed by atoms with Gasteiger partial charge >= 0.3 is 11.9 Å². The van der Waals surface area contributed by atoms with E-state index in [2.05, 4.69) is 38.5 Å². The van der Waals surface area contributed by atoms with Gasteiger partial charge in [0.1, 0.15) is 0 Å². The molecule has 0 bridgehead atoms. The van der Waals surface area contributed by atoms with Gasteiger partial charge in [0, 0.05) is 24.9 Å². The second-order valence-electron chi connectivity index (χ2n) is 4.59. The molecule has 0 aromatic rings. The van der Waals surface area contributed by atoms with Crippen LogP contribution < -0.4 is 10.9 Å². The molecule has 0 aliphatic heterocycles. The number of unbranched alkanes of at least 4 members (excludes halogenated alkanes) is 1. The van der Waals surface area contributed by atoms with Gasteiger partial charge in [0.2, 0.25) is 0 Å². The first kappa shape index (κ1) is 19.2. The molecule has 0 saturated carbocycles. The zero-order valence-corrected chi connectivity index (χ0v) is 11.7. The summed E-state index contributed by atoms with van der Waals surface area (Å²) in [4.78, 5) is 19.8. The van der Waals surface area contributed by atoms with Crippen LogP contribution in [0.25, 0.3) is 0 Å². The summed E-state index contributed by atoms with van der Waals surface area (Å²) in [5.41, 5.74) is 6.19. The normalized spacial score (nSPS) is 10.1. The molecule has 0 aromatic carbocycles. The number of rotatable bonds is 8. The Morgan fingerprint density at radius 3 is 1.28 bits per heavy atom. The Kier molecular flexibility index (Phi) is 13.1. The first-order chi connectivity index (χ1) is 8.25. The first-order valence-electron chi connectivity index (χ1n) is 6.20. The van der Waals surface area contributed by atoms with Gasteiger partial charge in [-0.05, 0) is 40.5 Å². The summed E-state index contributed by atoms with van der Waals surface area (Å²) in [6, 6.07) is 1.05. The van der Waals surface area contributed by atoms with E-state index in [0.29, 0.717) is 24.9 Å². The van der Waals surface area contributed by atoms with E-state index in [4.69, 9.17) is 10.2 Å². The van der Waals surface area contributed by atoms with Crippen molar-refractivity contribution in [2.75, 3.05) is 0 Å². The molecule has 18 heavy (non-hydrogen) atoms. The molecule has 0 fully saturated rings. The molecule has 4 N–H and O–H groups in total. The van der Waals surface area contributed by atoms with Gasteiger partial charge in [-0.1, -0.05) is 0 Å². The second-order valence-corrected chi connectivity index (χ2v) is 4.59. The van der Waals surface area contributed by atoms with Crippen molar-refractivity contribution in [1.82, 2.24) is 10.9 Å². The third kappa shape index (κ3) is 24.2. The van der Waals surface area contributed by atoms with Gasteiger partial charge < -0.3 is 10.2 Å². The van der Waals surface area contributed by atoms with Gasteiger partial charge in [0.05, 0.1) is 0 Å². The minimum absolute atomic E-state index is 0.0628. The number of hydrogen-bond acceptors (Lipinski definition) is 4. The van der Waals surface area contributed by atoms with Gasteiger partial charge in [-0.2, -0.15) is 0 Å². The fraction of sp³-hybridized carbons (Fsp3) is 0.833. The van der Waals surface area contributed by atoms with Crippen LogP contribution in [-0.4, -0.2) is 34.2 Å². The van der Waals surface area contributed by atoms with Crippen LogP contribution in [0.15, 0.2) is 0 Å². The van der Waals surface area contributed by atoms with Crippen molar-refractivity contribution >= 4 is 11.9 Å². The Bertz CT molecular complexity index is 206. The highest BCUT2D eigenvalue weighted by molar-refractivity contribution is 5.67.